The summed E-state index contributed by atoms with van der Waals surface area (Å²) in [5, 5.41) is 6.65. The highest BCUT2D eigenvalue weighted by Crippen LogP contribution is 2.27. The van der Waals surface area contributed by atoms with Gasteiger partial charge in [0.05, 0.1) is 11.3 Å². The molecule has 0 bridgehead atoms. The van der Waals surface area contributed by atoms with E-state index in [9.17, 15) is 8.42 Å². The Labute approximate surface area is 172 Å². The predicted molar refractivity (Wildman–Crippen MR) is 119 cm³/mol. The number of guanidine groups is 1. The van der Waals surface area contributed by atoms with Crippen molar-refractivity contribution >= 4 is 39.8 Å². The summed E-state index contributed by atoms with van der Waals surface area (Å²) >= 11 is 0. The van der Waals surface area contributed by atoms with Gasteiger partial charge in [0.25, 0.3) is 0 Å². The van der Waals surface area contributed by atoms with E-state index < -0.39 is 14.6 Å². The van der Waals surface area contributed by atoms with Crippen molar-refractivity contribution in [2.24, 2.45) is 10.9 Å². The molecule has 7 heteroatoms. The third-order valence-corrected chi connectivity index (χ3v) is 7.22. The summed E-state index contributed by atoms with van der Waals surface area (Å²) in [6.45, 7) is 8.67. The van der Waals surface area contributed by atoms with Crippen LogP contribution in [0.15, 0.2) is 4.99 Å². The lowest BCUT2D eigenvalue weighted by Gasteiger charge is -2.25. The summed E-state index contributed by atoms with van der Waals surface area (Å²) in [5.74, 6) is 1.59. The van der Waals surface area contributed by atoms with Crippen LogP contribution in [0, 0.1) is 5.92 Å². The van der Waals surface area contributed by atoms with Gasteiger partial charge in [0.15, 0.2) is 15.8 Å². The first-order valence-corrected chi connectivity index (χ1v) is 11.3. The Morgan fingerprint density at radius 2 is 1.84 bits per heavy atom. The van der Waals surface area contributed by atoms with Gasteiger partial charge in [0, 0.05) is 18.8 Å². The van der Waals surface area contributed by atoms with Crippen molar-refractivity contribution in [3.8, 4) is 0 Å². The first kappa shape index (κ1) is 24.9. The second-order valence-electron chi connectivity index (χ2n) is 7.85. The van der Waals surface area contributed by atoms with Crippen LogP contribution in [-0.2, 0) is 9.84 Å². The minimum absolute atomic E-state index is 0. The van der Waals surface area contributed by atoms with Crippen molar-refractivity contribution in [1.29, 1.82) is 0 Å². The average Bonchev–Trinajstić information content (AvgIpc) is 2.51. The largest absolute Gasteiger partial charge is 0.357 e. The maximum Gasteiger partial charge on any atom is 0.191 e. The molecule has 2 N–H and O–H groups in total. The van der Waals surface area contributed by atoms with Crippen LogP contribution in [0.2, 0.25) is 0 Å². The van der Waals surface area contributed by atoms with Crippen molar-refractivity contribution in [2.75, 3.05) is 19.3 Å². The molecule has 1 aliphatic rings. The molecule has 0 heterocycles. The molecular weight excluding hydrogens is 449 g/mol. The van der Waals surface area contributed by atoms with Crippen molar-refractivity contribution in [1.82, 2.24) is 10.6 Å². The van der Waals surface area contributed by atoms with Gasteiger partial charge in [-0.2, -0.15) is 0 Å². The molecule has 0 spiro atoms. The molecule has 0 amide bonds. The zero-order valence-electron chi connectivity index (χ0n) is 16.6. The lowest BCUT2D eigenvalue weighted by molar-refractivity contribution is 0.322. The van der Waals surface area contributed by atoms with Gasteiger partial charge in [-0.1, -0.05) is 32.1 Å². The van der Waals surface area contributed by atoms with Crippen LogP contribution in [0.4, 0.5) is 0 Å². The third kappa shape index (κ3) is 9.45. The van der Waals surface area contributed by atoms with Gasteiger partial charge >= 0.3 is 0 Å². The molecule has 5 nitrogen and oxygen atoms in total. The van der Waals surface area contributed by atoms with Crippen LogP contribution >= 0.6 is 24.0 Å². The van der Waals surface area contributed by atoms with E-state index in [2.05, 4.69) is 22.5 Å². The molecule has 0 radical (unpaired) electrons. The van der Waals surface area contributed by atoms with Crippen molar-refractivity contribution in [2.45, 2.75) is 83.4 Å². The van der Waals surface area contributed by atoms with Gasteiger partial charge in [-0.3, -0.25) is 4.99 Å². The summed E-state index contributed by atoms with van der Waals surface area (Å²) in [7, 11) is -3.13. The predicted octanol–water partition coefficient (Wildman–Crippen LogP) is 3.73. The lowest BCUT2D eigenvalue weighted by Crippen LogP contribution is -2.44. The van der Waals surface area contributed by atoms with Gasteiger partial charge < -0.3 is 10.6 Å². The van der Waals surface area contributed by atoms with Crippen LogP contribution in [0.5, 0.6) is 0 Å². The van der Waals surface area contributed by atoms with E-state index in [1.54, 1.807) is 13.8 Å². The van der Waals surface area contributed by atoms with E-state index in [1.165, 1.54) is 44.8 Å². The number of nitrogens with one attached hydrogen (secondary N) is 2. The average molecular weight is 487 g/mol. The van der Waals surface area contributed by atoms with E-state index in [0.717, 1.165) is 18.9 Å². The fourth-order valence-corrected chi connectivity index (χ4v) is 3.27. The lowest BCUT2D eigenvalue weighted by atomic mass is 9.85. The highest BCUT2D eigenvalue weighted by atomic mass is 127. The van der Waals surface area contributed by atoms with Gasteiger partial charge in [-0.05, 0) is 46.5 Å². The Morgan fingerprint density at radius 3 is 2.36 bits per heavy atom. The number of hydrogen-bond donors (Lipinski definition) is 2. The maximum absolute atomic E-state index is 11.8. The zero-order valence-corrected chi connectivity index (χ0v) is 19.7. The van der Waals surface area contributed by atoms with Crippen LogP contribution < -0.4 is 10.6 Å². The standard InChI is InChI=1S/C18H37N3O2S.HI/c1-6-19-17(20-14-18(3,4)24(5,22)23)21-15(2)12-13-16-10-8-7-9-11-16;/h15-16H,6-14H2,1-5H3,(H2,19,20,21);1H. The van der Waals surface area contributed by atoms with E-state index in [-0.39, 0.29) is 30.5 Å². The van der Waals surface area contributed by atoms with Crippen LogP contribution in [0.1, 0.15) is 72.6 Å². The number of hydrogen-bond acceptors (Lipinski definition) is 3. The normalized spacial score (nSPS) is 18.4. The molecular formula is C18H38IN3O2S. The number of sulfone groups is 1. The second kappa shape index (κ2) is 11.6. The minimum atomic E-state index is -3.13. The van der Waals surface area contributed by atoms with E-state index in [4.69, 9.17) is 0 Å². The van der Waals surface area contributed by atoms with Gasteiger partial charge in [-0.15, -0.1) is 24.0 Å². The number of rotatable bonds is 8. The Morgan fingerprint density at radius 1 is 1.24 bits per heavy atom. The molecule has 1 atom stereocenters. The summed E-state index contributed by atoms with van der Waals surface area (Å²) in [6.07, 6.45) is 10.6. The SMILES string of the molecule is CCNC(=NCC(C)(C)S(C)(=O)=O)NC(C)CCC1CCCCC1.I. The zero-order chi connectivity index (χ0) is 18.2. The molecule has 150 valence electrons. The number of aliphatic imine (C=N–C) groups is 1. The smallest absolute Gasteiger partial charge is 0.191 e. The fraction of sp³-hybridized carbons (Fsp3) is 0.944. The first-order valence-electron chi connectivity index (χ1n) is 9.40. The highest BCUT2D eigenvalue weighted by Gasteiger charge is 2.30. The van der Waals surface area contributed by atoms with Crippen LogP contribution in [0.25, 0.3) is 0 Å². The molecule has 1 aliphatic carbocycles. The first-order chi connectivity index (χ1) is 11.2. The van der Waals surface area contributed by atoms with Gasteiger partial charge in [-0.25, -0.2) is 8.42 Å². The van der Waals surface area contributed by atoms with Gasteiger partial charge in [0.2, 0.25) is 0 Å². The molecule has 25 heavy (non-hydrogen) atoms. The molecule has 0 aromatic rings. The minimum Gasteiger partial charge on any atom is -0.357 e. The van der Waals surface area contributed by atoms with Crippen LogP contribution in [0.3, 0.4) is 0 Å². The second-order valence-corrected chi connectivity index (χ2v) is 10.5. The van der Waals surface area contributed by atoms with Gasteiger partial charge in [0.1, 0.15) is 0 Å². The van der Waals surface area contributed by atoms with Crippen LogP contribution in [-0.4, -0.2) is 44.5 Å². The van der Waals surface area contributed by atoms with E-state index >= 15 is 0 Å². The molecule has 1 fully saturated rings. The molecule has 1 rings (SSSR count). The topological polar surface area (TPSA) is 70.6 Å². The quantitative estimate of drug-likeness (QED) is 0.311. The molecule has 0 aromatic carbocycles. The molecule has 0 aliphatic heterocycles. The summed E-state index contributed by atoms with van der Waals surface area (Å²) in [5.41, 5.74) is 0. The van der Waals surface area contributed by atoms with E-state index in [0.29, 0.717) is 12.0 Å². The molecule has 1 unspecified atom stereocenters. The Kier molecular flexibility index (Phi) is 11.6. The fourth-order valence-electron chi connectivity index (χ4n) is 2.97. The molecule has 1 saturated carbocycles. The summed E-state index contributed by atoms with van der Waals surface area (Å²) < 4.78 is 22.8. The third-order valence-electron chi connectivity index (χ3n) is 5.08. The summed E-state index contributed by atoms with van der Waals surface area (Å²) in [4.78, 5) is 4.50. The van der Waals surface area contributed by atoms with Crippen molar-refractivity contribution in [3.63, 3.8) is 0 Å². The van der Waals surface area contributed by atoms with Crippen molar-refractivity contribution in [3.05, 3.63) is 0 Å². The Balaban J connectivity index is 0.00000576. The highest BCUT2D eigenvalue weighted by molar-refractivity contribution is 14.0. The Bertz CT molecular complexity index is 500. The van der Waals surface area contributed by atoms with E-state index in [1.807, 2.05) is 6.92 Å². The maximum atomic E-state index is 11.8. The Hall–Kier alpha value is -0.0500. The number of halogens is 1. The number of nitrogens with zero attached hydrogens (tertiary/aromatic N) is 1. The monoisotopic (exact) mass is 487 g/mol. The van der Waals surface area contributed by atoms with Crippen molar-refractivity contribution < 1.29 is 8.42 Å². The molecule has 0 saturated heterocycles. The molecule has 0 aromatic heterocycles. The summed E-state index contributed by atoms with van der Waals surface area (Å²) in [6, 6.07) is 0.339.